The molecule has 1 rings (SSSR count). The number of rotatable bonds is 5. The van der Waals surface area contributed by atoms with Gasteiger partial charge in [-0.25, -0.2) is 0 Å². The first kappa shape index (κ1) is 12.7. The maximum atomic E-state index is 11.3. The molecule has 0 amide bonds. The number of halogens is 1. The van der Waals surface area contributed by atoms with Crippen LogP contribution in [0.3, 0.4) is 0 Å². The maximum Gasteiger partial charge on any atom is 0.325 e. The van der Waals surface area contributed by atoms with Gasteiger partial charge in [0.25, 0.3) is 0 Å². The maximum absolute atomic E-state index is 11.3. The van der Waals surface area contributed by atoms with Crippen LogP contribution in [0.1, 0.15) is 13.8 Å². The Kier molecular flexibility index (Phi) is 4.98. The van der Waals surface area contributed by atoms with Crippen molar-refractivity contribution in [1.29, 1.82) is 0 Å². The van der Waals surface area contributed by atoms with Crippen molar-refractivity contribution in [3.63, 3.8) is 0 Å². The zero-order chi connectivity index (χ0) is 12.0. The van der Waals surface area contributed by atoms with Gasteiger partial charge in [-0.1, -0.05) is 11.6 Å². The van der Waals surface area contributed by atoms with Gasteiger partial charge in [0, 0.05) is 6.54 Å². The minimum atomic E-state index is -0.277. The molecular weight excluding hydrogens is 230 g/mol. The van der Waals surface area contributed by atoms with E-state index < -0.39 is 0 Å². The average molecular weight is 244 g/mol. The molecule has 0 saturated heterocycles. The molecule has 0 aliphatic rings. The van der Waals surface area contributed by atoms with Crippen LogP contribution in [0.2, 0.25) is 5.15 Å². The van der Waals surface area contributed by atoms with Gasteiger partial charge in [-0.2, -0.15) is 0 Å². The number of carbonyl (C=O) groups is 1. The number of aromatic nitrogens is 2. The van der Waals surface area contributed by atoms with E-state index >= 15 is 0 Å². The third kappa shape index (κ3) is 3.66. The van der Waals surface area contributed by atoms with Crippen LogP contribution < -0.4 is 4.90 Å². The van der Waals surface area contributed by atoms with Gasteiger partial charge in [-0.3, -0.25) is 4.79 Å². The fraction of sp³-hybridized carbons (Fsp3) is 0.500. The van der Waals surface area contributed by atoms with Crippen molar-refractivity contribution < 1.29 is 9.53 Å². The highest BCUT2D eigenvalue weighted by atomic mass is 35.5. The number of nitrogens with zero attached hydrogens (tertiary/aromatic N) is 3. The Morgan fingerprint density at radius 2 is 2.19 bits per heavy atom. The quantitative estimate of drug-likeness (QED) is 0.734. The molecule has 1 aromatic heterocycles. The summed E-state index contributed by atoms with van der Waals surface area (Å²) in [4.78, 5) is 13.1. The molecule has 1 heterocycles. The molecule has 0 aliphatic carbocycles. The second kappa shape index (κ2) is 6.27. The van der Waals surface area contributed by atoms with Crippen molar-refractivity contribution in [2.24, 2.45) is 0 Å². The zero-order valence-corrected chi connectivity index (χ0v) is 10.1. The molecule has 0 radical (unpaired) electrons. The molecule has 1 aromatic rings. The van der Waals surface area contributed by atoms with Crippen molar-refractivity contribution in [3.05, 3.63) is 17.3 Å². The summed E-state index contributed by atoms with van der Waals surface area (Å²) >= 11 is 5.63. The van der Waals surface area contributed by atoms with E-state index in [0.717, 1.165) is 0 Å². The normalized spacial score (nSPS) is 9.94. The molecule has 0 fully saturated rings. The lowest BCUT2D eigenvalue weighted by Crippen LogP contribution is -2.31. The highest BCUT2D eigenvalue weighted by Gasteiger charge is 2.11. The number of anilines is 1. The average Bonchev–Trinajstić information content (AvgIpc) is 2.27. The number of ether oxygens (including phenoxy) is 1. The lowest BCUT2D eigenvalue weighted by Gasteiger charge is -2.19. The molecular formula is C10H14ClN3O2. The van der Waals surface area contributed by atoms with Crippen LogP contribution in [-0.2, 0) is 9.53 Å². The van der Waals surface area contributed by atoms with Crippen molar-refractivity contribution in [3.8, 4) is 0 Å². The number of carbonyl (C=O) groups excluding carboxylic acids is 1. The Morgan fingerprint density at radius 3 is 2.69 bits per heavy atom. The van der Waals surface area contributed by atoms with E-state index in [-0.39, 0.29) is 12.5 Å². The Bertz CT molecular complexity index is 342. The third-order valence-corrected chi connectivity index (χ3v) is 2.15. The predicted molar refractivity (Wildman–Crippen MR) is 61.6 cm³/mol. The van der Waals surface area contributed by atoms with Crippen LogP contribution in [0.5, 0.6) is 0 Å². The summed E-state index contributed by atoms with van der Waals surface area (Å²) in [6.07, 6.45) is 0. The zero-order valence-electron chi connectivity index (χ0n) is 9.31. The molecule has 0 N–H and O–H groups in total. The molecule has 5 nitrogen and oxygen atoms in total. The van der Waals surface area contributed by atoms with E-state index in [1.54, 1.807) is 24.0 Å². The number of hydrogen-bond acceptors (Lipinski definition) is 5. The standard InChI is InChI=1S/C10H14ClN3O2/c1-3-14(7-10(15)16-4-2)9-6-5-8(11)12-13-9/h5-6H,3-4,7H2,1-2H3. The molecule has 0 unspecified atom stereocenters. The summed E-state index contributed by atoms with van der Waals surface area (Å²) in [6, 6.07) is 3.36. The summed E-state index contributed by atoms with van der Waals surface area (Å²) in [7, 11) is 0. The highest BCUT2D eigenvalue weighted by Crippen LogP contribution is 2.11. The fourth-order valence-corrected chi connectivity index (χ4v) is 1.30. The van der Waals surface area contributed by atoms with Crippen LogP contribution in [0, 0.1) is 0 Å². The van der Waals surface area contributed by atoms with E-state index in [9.17, 15) is 4.79 Å². The molecule has 88 valence electrons. The first-order valence-corrected chi connectivity index (χ1v) is 5.45. The van der Waals surface area contributed by atoms with E-state index in [0.29, 0.717) is 24.1 Å². The van der Waals surface area contributed by atoms with E-state index in [1.807, 2.05) is 6.92 Å². The molecule has 16 heavy (non-hydrogen) atoms. The van der Waals surface area contributed by atoms with E-state index in [2.05, 4.69) is 10.2 Å². The predicted octanol–water partition coefficient (Wildman–Crippen LogP) is 1.52. The van der Waals surface area contributed by atoms with Crippen LogP contribution >= 0.6 is 11.6 Å². The lowest BCUT2D eigenvalue weighted by molar-refractivity contribution is -0.141. The van der Waals surface area contributed by atoms with Crippen molar-refractivity contribution in [2.45, 2.75) is 13.8 Å². The topological polar surface area (TPSA) is 55.3 Å². The molecule has 0 saturated carbocycles. The SMILES string of the molecule is CCOC(=O)CN(CC)c1ccc(Cl)nn1. The van der Waals surface area contributed by atoms with Gasteiger partial charge in [0.15, 0.2) is 11.0 Å². The third-order valence-electron chi connectivity index (χ3n) is 1.95. The highest BCUT2D eigenvalue weighted by molar-refractivity contribution is 6.29. The van der Waals surface area contributed by atoms with Gasteiger partial charge in [-0.15, -0.1) is 10.2 Å². The van der Waals surface area contributed by atoms with Gasteiger partial charge >= 0.3 is 5.97 Å². The van der Waals surface area contributed by atoms with Crippen LogP contribution in [0.15, 0.2) is 12.1 Å². The van der Waals surface area contributed by atoms with Gasteiger partial charge in [0.05, 0.1) is 6.61 Å². The number of likely N-dealkylation sites (N-methyl/N-ethyl adjacent to an activating group) is 1. The van der Waals surface area contributed by atoms with Crippen LogP contribution in [0.25, 0.3) is 0 Å². The largest absolute Gasteiger partial charge is 0.465 e. The minimum Gasteiger partial charge on any atom is -0.465 e. The monoisotopic (exact) mass is 243 g/mol. The summed E-state index contributed by atoms with van der Waals surface area (Å²) in [5.41, 5.74) is 0. The smallest absolute Gasteiger partial charge is 0.325 e. The molecule has 0 aromatic carbocycles. The minimum absolute atomic E-state index is 0.167. The Labute approximate surface area is 99.4 Å². The fourth-order valence-electron chi connectivity index (χ4n) is 1.19. The van der Waals surface area contributed by atoms with Crippen molar-refractivity contribution in [2.75, 3.05) is 24.6 Å². The summed E-state index contributed by atoms with van der Waals surface area (Å²) in [5.74, 6) is 0.334. The van der Waals surface area contributed by atoms with Crippen LogP contribution in [0.4, 0.5) is 5.82 Å². The van der Waals surface area contributed by atoms with Crippen LogP contribution in [-0.4, -0.2) is 35.9 Å². The molecule has 0 spiro atoms. The second-order valence-corrected chi connectivity index (χ2v) is 3.42. The van der Waals surface area contributed by atoms with Crippen molar-refractivity contribution >= 4 is 23.4 Å². The molecule has 0 aliphatic heterocycles. The van der Waals surface area contributed by atoms with Gasteiger partial charge in [0.2, 0.25) is 0 Å². The molecule has 6 heteroatoms. The summed E-state index contributed by atoms with van der Waals surface area (Å²) < 4.78 is 4.86. The number of hydrogen-bond donors (Lipinski definition) is 0. The Hall–Kier alpha value is -1.36. The van der Waals surface area contributed by atoms with Crippen molar-refractivity contribution in [1.82, 2.24) is 10.2 Å². The second-order valence-electron chi connectivity index (χ2n) is 3.03. The molecule has 0 atom stereocenters. The van der Waals surface area contributed by atoms with E-state index in [1.165, 1.54) is 0 Å². The summed E-state index contributed by atoms with van der Waals surface area (Å²) in [5, 5.41) is 7.95. The first-order valence-electron chi connectivity index (χ1n) is 5.07. The number of esters is 1. The Morgan fingerprint density at radius 1 is 1.44 bits per heavy atom. The van der Waals surface area contributed by atoms with E-state index in [4.69, 9.17) is 16.3 Å². The molecule has 0 bridgehead atoms. The van der Waals surface area contributed by atoms with Gasteiger partial charge in [-0.05, 0) is 26.0 Å². The summed E-state index contributed by atoms with van der Waals surface area (Å²) in [6.45, 7) is 4.89. The van der Waals surface area contributed by atoms with Gasteiger partial charge < -0.3 is 9.64 Å². The first-order chi connectivity index (χ1) is 7.67. The Balaban J connectivity index is 2.67. The van der Waals surface area contributed by atoms with Gasteiger partial charge in [0.1, 0.15) is 6.54 Å². The lowest BCUT2D eigenvalue weighted by atomic mass is 10.4.